The zero-order valence-corrected chi connectivity index (χ0v) is 39.0. The maximum atomic E-state index is 13.2. The zero-order valence-electron chi connectivity index (χ0n) is 39.0. The molecule has 380 valence electrons. The molecule has 2 aliphatic rings. The van der Waals surface area contributed by atoms with Gasteiger partial charge in [-0.1, -0.05) is 18.6 Å². The number of piperidine rings is 1. The minimum Gasteiger partial charge on any atom is -0.379 e. The summed E-state index contributed by atoms with van der Waals surface area (Å²) in [6.07, 6.45) is 4.13. The highest BCUT2D eigenvalue weighted by atomic mass is 16.6. The summed E-state index contributed by atoms with van der Waals surface area (Å²) in [5.41, 5.74) is 0.375. The topological polar surface area (TPSA) is 233 Å². The molecule has 1 saturated heterocycles. The number of unbranched alkanes of at least 4 members (excludes halogenated alkanes) is 2. The Morgan fingerprint density at radius 1 is 0.552 bits per heavy atom. The van der Waals surface area contributed by atoms with Crippen LogP contribution in [0.15, 0.2) is 30.9 Å². The molecule has 1 aromatic carbocycles. The molecule has 3 rings (SSSR count). The zero-order chi connectivity index (χ0) is 47.8. The first kappa shape index (κ1) is 57.5. The molecule has 1 atom stereocenters. The second kappa shape index (κ2) is 39.1. The Bertz CT molecular complexity index is 1540. The average Bonchev–Trinajstić information content (AvgIpc) is 3.57. The Kier molecular flexibility index (Phi) is 33.5. The van der Waals surface area contributed by atoms with Crippen LogP contribution in [0.4, 0.5) is 5.69 Å². The summed E-state index contributed by atoms with van der Waals surface area (Å²) in [6.45, 7) is 16.2. The van der Waals surface area contributed by atoms with E-state index in [0.717, 1.165) is 17.7 Å². The van der Waals surface area contributed by atoms with E-state index in [1.54, 1.807) is 18.2 Å². The van der Waals surface area contributed by atoms with E-state index in [0.29, 0.717) is 178 Å². The van der Waals surface area contributed by atoms with Gasteiger partial charge in [-0.05, 0) is 31.4 Å². The number of ether oxygens (including phenoxy) is 13. The molecule has 2 N–H and O–H groups in total. The number of nitrogens with zero attached hydrogens (tertiary/aromatic N) is 1. The standard InChI is InChI=1S/C46H73N3O18/c1-2-12-55-14-16-57-18-20-59-22-24-61-26-28-63-30-32-65-34-36-67-37-35-66-33-31-64-29-27-62-25-23-60-21-19-58-17-15-56-13-5-3-4-9-41(50)47-39-8-6-7-38-43(39)46(54)49(45(38)53)40-10-11-42(51)48-44(40)52/h2,6-8,40H,1,3-5,9-37H2,(H,47,50)(H,48,51,52). The summed E-state index contributed by atoms with van der Waals surface area (Å²) in [5, 5.41) is 4.91. The van der Waals surface area contributed by atoms with Crippen LogP contribution in [0.5, 0.6) is 0 Å². The highest BCUT2D eigenvalue weighted by Crippen LogP contribution is 2.32. The van der Waals surface area contributed by atoms with Gasteiger partial charge in [-0.15, -0.1) is 6.58 Å². The third-order valence-electron chi connectivity index (χ3n) is 9.63. The summed E-state index contributed by atoms with van der Waals surface area (Å²) in [5.74, 6) is -2.73. The Balaban J connectivity index is 0.960. The summed E-state index contributed by atoms with van der Waals surface area (Å²) in [7, 11) is 0. The van der Waals surface area contributed by atoms with Crippen molar-refractivity contribution in [1.82, 2.24) is 10.2 Å². The van der Waals surface area contributed by atoms with Crippen molar-refractivity contribution in [3.05, 3.63) is 42.0 Å². The van der Waals surface area contributed by atoms with Crippen LogP contribution in [0, 0.1) is 0 Å². The summed E-state index contributed by atoms with van der Waals surface area (Å²) in [4.78, 5) is 63.6. The number of hydrogen-bond acceptors (Lipinski definition) is 18. The maximum absolute atomic E-state index is 13.2. The number of nitrogens with one attached hydrogen (secondary N) is 2. The van der Waals surface area contributed by atoms with Crippen molar-refractivity contribution >= 4 is 35.2 Å². The van der Waals surface area contributed by atoms with E-state index < -0.39 is 29.7 Å². The van der Waals surface area contributed by atoms with Gasteiger partial charge in [0.05, 0.1) is 182 Å². The Morgan fingerprint density at radius 3 is 1.36 bits per heavy atom. The molecular formula is C46H73N3O18. The van der Waals surface area contributed by atoms with Gasteiger partial charge in [0, 0.05) is 19.4 Å². The van der Waals surface area contributed by atoms with Crippen LogP contribution >= 0.6 is 0 Å². The van der Waals surface area contributed by atoms with Gasteiger partial charge in [0.25, 0.3) is 11.8 Å². The molecule has 1 fully saturated rings. The third-order valence-corrected chi connectivity index (χ3v) is 9.63. The van der Waals surface area contributed by atoms with E-state index in [4.69, 9.17) is 61.6 Å². The van der Waals surface area contributed by atoms with Crippen molar-refractivity contribution < 1.29 is 85.6 Å². The minimum atomic E-state index is -1.08. The van der Waals surface area contributed by atoms with E-state index in [1.807, 2.05) is 0 Å². The molecule has 2 heterocycles. The number of hydrogen-bond donors (Lipinski definition) is 2. The van der Waals surface area contributed by atoms with Crippen molar-refractivity contribution in [3.63, 3.8) is 0 Å². The number of benzene rings is 1. The first-order valence-corrected chi connectivity index (χ1v) is 23.2. The molecule has 0 spiro atoms. The highest BCUT2D eigenvalue weighted by molar-refractivity contribution is 6.26. The van der Waals surface area contributed by atoms with Gasteiger partial charge in [-0.2, -0.15) is 0 Å². The fourth-order valence-electron chi connectivity index (χ4n) is 6.30. The number of carbonyl (C=O) groups excluding carboxylic acids is 5. The molecule has 0 radical (unpaired) electrons. The van der Waals surface area contributed by atoms with Gasteiger partial charge < -0.3 is 66.9 Å². The average molecular weight is 956 g/mol. The van der Waals surface area contributed by atoms with Crippen molar-refractivity contribution in [2.45, 2.75) is 44.6 Å². The Hall–Kier alpha value is -3.81. The lowest BCUT2D eigenvalue weighted by Gasteiger charge is -2.27. The smallest absolute Gasteiger partial charge is 0.264 e. The van der Waals surface area contributed by atoms with Crippen LogP contribution < -0.4 is 10.6 Å². The predicted molar refractivity (Wildman–Crippen MR) is 241 cm³/mol. The van der Waals surface area contributed by atoms with Crippen LogP contribution in [0.2, 0.25) is 0 Å². The molecule has 1 aromatic rings. The number of carbonyl (C=O) groups is 5. The fraction of sp³-hybridized carbons (Fsp3) is 0.717. The van der Waals surface area contributed by atoms with Crippen molar-refractivity contribution in [2.24, 2.45) is 0 Å². The van der Waals surface area contributed by atoms with Gasteiger partial charge in [-0.3, -0.25) is 34.2 Å². The van der Waals surface area contributed by atoms with E-state index in [2.05, 4.69) is 17.2 Å². The minimum absolute atomic E-state index is 0.0257. The van der Waals surface area contributed by atoms with Gasteiger partial charge >= 0.3 is 0 Å². The molecule has 67 heavy (non-hydrogen) atoms. The molecule has 21 nitrogen and oxygen atoms in total. The molecule has 0 aliphatic carbocycles. The van der Waals surface area contributed by atoms with Crippen molar-refractivity contribution in [3.8, 4) is 0 Å². The molecule has 0 aromatic heterocycles. The van der Waals surface area contributed by atoms with Gasteiger partial charge in [0.1, 0.15) is 6.04 Å². The van der Waals surface area contributed by atoms with Crippen molar-refractivity contribution in [1.29, 1.82) is 0 Å². The van der Waals surface area contributed by atoms with Crippen LogP contribution in [-0.2, 0) is 76.0 Å². The highest BCUT2D eigenvalue weighted by Gasteiger charge is 2.45. The number of fused-ring (bicyclic) bond motifs is 1. The molecule has 0 saturated carbocycles. The van der Waals surface area contributed by atoms with E-state index in [9.17, 15) is 24.0 Å². The first-order valence-electron chi connectivity index (χ1n) is 23.2. The lowest BCUT2D eigenvalue weighted by molar-refractivity contribution is -0.136. The van der Waals surface area contributed by atoms with Gasteiger partial charge in [-0.25, -0.2) is 0 Å². The number of amides is 5. The molecular weight excluding hydrogens is 883 g/mol. The lowest BCUT2D eigenvalue weighted by atomic mass is 10.0. The SMILES string of the molecule is C=CCOCCOCCOCCOCCOCCOCCOCCOCCOCCOCCOCCOCCOCCCCCC(=O)Nc1cccc2c1C(=O)N(C1CCC(=O)NC1=O)C2=O. The van der Waals surface area contributed by atoms with E-state index in [-0.39, 0.29) is 42.0 Å². The van der Waals surface area contributed by atoms with E-state index in [1.165, 1.54) is 6.07 Å². The lowest BCUT2D eigenvalue weighted by Crippen LogP contribution is -2.54. The largest absolute Gasteiger partial charge is 0.379 e. The quantitative estimate of drug-likeness (QED) is 0.0541. The number of imide groups is 2. The Morgan fingerprint density at radius 2 is 0.955 bits per heavy atom. The second-order valence-corrected chi connectivity index (χ2v) is 14.7. The molecule has 1 unspecified atom stereocenters. The first-order chi connectivity index (χ1) is 32.9. The molecule has 5 amide bonds. The molecule has 0 bridgehead atoms. The number of anilines is 1. The van der Waals surface area contributed by atoms with Crippen molar-refractivity contribution in [2.75, 3.05) is 177 Å². The van der Waals surface area contributed by atoms with Gasteiger partial charge in [0.15, 0.2) is 0 Å². The van der Waals surface area contributed by atoms with E-state index >= 15 is 0 Å². The van der Waals surface area contributed by atoms with Gasteiger partial charge in [0.2, 0.25) is 17.7 Å². The summed E-state index contributed by atoms with van der Waals surface area (Å²) in [6, 6.07) is 3.52. The Labute approximate surface area is 393 Å². The molecule has 21 heteroatoms. The fourth-order valence-corrected chi connectivity index (χ4v) is 6.30. The third kappa shape index (κ3) is 26.5. The van der Waals surface area contributed by atoms with Crippen LogP contribution in [0.3, 0.4) is 0 Å². The summed E-state index contributed by atoms with van der Waals surface area (Å²) < 4.78 is 71.1. The monoisotopic (exact) mass is 955 g/mol. The normalized spacial score (nSPS) is 14.8. The maximum Gasteiger partial charge on any atom is 0.264 e. The number of rotatable bonds is 46. The molecule has 2 aliphatic heterocycles. The van der Waals surface area contributed by atoms with Crippen LogP contribution in [0.1, 0.15) is 59.2 Å². The predicted octanol–water partition coefficient (Wildman–Crippen LogP) is 1.99. The van der Waals surface area contributed by atoms with Crippen LogP contribution in [0.25, 0.3) is 0 Å². The summed E-state index contributed by atoms with van der Waals surface area (Å²) >= 11 is 0. The second-order valence-electron chi connectivity index (χ2n) is 14.7. The van der Waals surface area contributed by atoms with Crippen LogP contribution in [-0.4, -0.2) is 212 Å².